The summed E-state index contributed by atoms with van der Waals surface area (Å²) in [6.07, 6.45) is 0.941. The number of hydrazine groups is 1. The van der Waals surface area contributed by atoms with Crippen molar-refractivity contribution in [2.75, 3.05) is 17.3 Å². The van der Waals surface area contributed by atoms with Gasteiger partial charge in [0, 0.05) is 6.54 Å². The molecule has 0 saturated carbocycles. The van der Waals surface area contributed by atoms with Gasteiger partial charge in [-0.05, 0) is 22.9 Å². The monoisotopic (exact) mass is 261 g/mol. The molecule has 1 rings (SSSR count). The fourth-order valence-electron chi connectivity index (χ4n) is 0.838. The second kappa shape index (κ2) is 5.08. The van der Waals surface area contributed by atoms with Crippen LogP contribution in [-0.2, 0) is 0 Å². The van der Waals surface area contributed by atoms with Crippen LogP contribution in [-0.4, -0.2) is 27.7 Å². The van der Waals surface area contributed by atoms with E-state index in [4.69, 9.17) is 10.9 Å². The molecule has 1 aromatic heterocycles. The van der Waals surface area contributed by atoms with E-state index in [0.717, 1.165) is 0 Å². The van der Waals surface area contributed by atoms with Gasteiger partial charge >= 0.3 is 0 Å². The zero-order valence-electron chi connectivity index (χ0n) is 7.66. The molecule has 1 aromatic rings. The molecule has 0 saturated heterocycles. The lowest BCUT2D eigenvalue weighted by molar-refractivity contribution is 0.208. The van der Waals surface area contributed by atoms with Gasteiger partial charge in [-0.2, -0.15) is 0 Å². The van der Waals surface area contributed by atoms with Crippen LogP contribution in [0.5, 0.6) is 0 Å². The van der Waals surface area contributed by atoms with E-state index in [1.807, 2.05) is 0 Å². The largest absolute Gasteiger partial charge is 0.392 e. The molecule has 1 atom stereocenters. The van der Waals surface area contributed by atoms with Gasteiger partial charge in [-0.15, -0.1) is 0 Å². The van der Waals surface area contributed by atoms with Crippen molar-refractivity contribution in [3.8, 4) is 0 Å². The normalized spacial score (nSPS) is 12.3. The maximum Gasteiger partial charge on any atom is 0.159 e. The summed E-state index contributed by atoms with van der Waals surface area (Å²) in [4.78, 5) is 7.87. The van der Waals surface area contributed by atoms with Crippen molar-refractivity contribution >= 4 is 27.6 Å². The topological polar surface area (TPSA) is 96.1 Å². The van der Waals surface area contributed by atoms with Crippen LogP contribution in [0.25, 0.3) is 0 Å². The van der Waals surface area contributed by atoms with E-state index in [-0.39, 0.29) is 0 Å². The maximum absolute atomic E-state index is 9.07. The predicted octanol–water partition coefficient (Wildman–Crippen LogP) is 0.317. The SMILES string of the molecule is CC(O)CNc1ncnc(NN)c1Br. The number of nitrogens with zero attached hydrogens (tertiary/aromatic N) is 2. The van der Waals surface area contributed by atoms with E-state index in [1.54, 1.807) is 6.92 Å². The van der Waals surface area contributed by atoms with Gasteiger partial charge in [0.05, 0.1) is 6.10 Å². The first-order chi connectivity index (χ1) is 6.65. The molecular formula is C7H12BrN5O. The van der Waals surface area contributed by atoms with Crippen molar-refractivity contribution in [3.63, 3.8) is 0 Å². The summed E-state index contributed by atoms with van der Waals surface area (Å²) in [7, 11) is 0. The van der Waals surface area contributed by atoms with Crippen molar-refractivity contribution in [2.24, 2.45) is 5.84 Å². The van der Waals surface area contributed by atoms with Crippen molar-refractivity contribution in [1.82, 2.24) is 9.97 Å². The van der Waals surface area contributed by atoms with E-state index in [9.17, 15) is 0 Å². The summed E-state index contributed by atoms with van der Waals surface area (Å²) in [5.74, 6) is 6.31. The molecule has 0 amide bonds. The van der Waals surface area contributed by atoms with Gasteiger partial charge in [-0.1, -0.05) is 0 Å². The van der Waals surface area contributed by atoms with Gasteiger partial charge in [0.25, 0.3) is 0 Å². The maximum atomic E-state index is 9.07. The molecule has 78 valence electrons. The second-order valence-electron chi connectivity index (χ2n) is 2.76. The highest BCUT2D eigenvalue weighted by Gasteiger charge is 2.07. The molecule has 0 radical (unpaired) electrons. The highest BCUT2D eigenvalue weighted by molar-refractivity contribution is 9.10. The minimum Gasteiger partial charge on any atom is -0.392 e. The number of nitrogens with two attached hydrogens (primary N) is 1. The van der Waals surface area contributed by atoms with Crippen LogP contribution in [0.15, 0.2) is 10.8 Å². The molecule has 0 aromatic carbocycles. The average Bonchev–Trinajstić information content (AvgIpc) is 2.16. The van der Waals surface area contributed by atoms with Gasteiger partial charge < -0.3 is 15.8 Å². The molecule has 6 nitrogen and oxygen atoms in total. The van der Waals surface area contributed by atoms with Crippen LogP contribution in [0.3, 0.4) is 0 Å². The molecule has 0 spiro atoms. The third kappa shape index (κ3) is 2.79. The molecule has 0 bridgehead atoms. The Morgan fingerprint density at radius 1 is 1.57 bits per heavy atom. The fraction of sp³-hybridized carbons (Fsp3) is 0.429. The first-order valence-electron chi connectivity index (χ1n) is 4.04. The summed E-state index contributed by atoms with van der Waals surface area (Å²) in [5.41, 5.74) is 2.42. The lowest BCUT2D eigenvalue weighted by Crippen LogP contribution is -2.17. The predicted molar refractivity (Wildman–Crippen MR) is 57.7 cm³/mol. The molecule has 0 aliphatic heterocycles. The fourth-order valence-corrected chi connectivity index (χ4v) is 1.30. The number of hydrogen-bond donors (Lipinski definition) is 4. The Hall–Kier alpha value is -0.920. The molecule has 0 aliphatic carbocycles. The lowest BCUT2D eigenvalue weighted by Gasteiger charge is -2.10. The summed E-state index contributed by atoms with van der Waals surface area (Å²) >= 11 is 3.28. The van der Waals surface area contributed by atoms with Gasteiger partial charge in [0.2, 0.25) is 0 Å². The molecule has 14 heavy (non-hydrogen) atoms. The number of nitrogen functional groups attached to an aromatic ring is 1. The highest BCUT2D eigenvalue weighted by atomic mass is 79.9. The number of aliphatic hydroxyl groups is 1. The Balaban J connectivity index is 2.76. The van der Waals surface area contributed by atoms with Crippen LogP contribution in [0.4, 0.5) is 11.6 Å². The number of aromatic nitrogens is 2. The quantitative estimate of drug-likeness (QED) is 0.461. The highest BCUT2D eigenvalue weighted by Crippen LogP contribution is 2.25. The van der Waals surface area contributed by atoms with Gasteiger partial charge in [0.15, 0.2) is 5.82 Å². The standard InChI is InChI=1S/C7H12BrN5O/c1-4(14)2-10-6-5(8)7(13-9)12-3-11-6/h3-4,14H,2,9H2,1H3,(H2,10,11,12,13). The van der Waals surface area contributed by atoms with Crippen LogP contribution < -0.4 is 16.6 Å². The van der Waals surface area contributed by atoms with Crippen molar-refractivity contribution in [1.29, 1.82) is 0 Å². The van der Waals surface area contributed by atoms with Crippen molar-refractivity contribution in [2.45, 2.75) is 13.0 Å². The summed E-state index contributed by atoms with van der Waals surface area (Å²) in [6, 6.07) is 0. The number of nitrogens with one attached hydrogen (secondary N) is 2. The third-order valence-corrected chi connectivity index (χ3v) is 2.24. The smallest absolute Gasteiger partial charge is 0.159 e. The Bertz CT molecular complexity index is 306. The number of rotatable bonds is 4. The van der Waals surface area contributed by atoms with Crippen LogP contribution in [0.1, 0.15) is 6.92 Å². The minimum atomic E-state index is -0.439. The van der Waals surface area contributed by atoms with Crippen molar-refractivity contribution < 1.29 is 5.11 Å². The molecule has 7 heteroatoms. The molecule has 5 N–H and O–H groups in total. The summed E-state index contributed by atoms with van der Waals surface area (Å²) in [6.45, 7) is 2.10. The molecule has 1 unspecified atom stereocenters. The number of hydrogen-bond acceptors (Lipinski definition) is 6. The van der Waals surface area contributed by atoms with Gasteiger partial charge in [0.1, 0.15) is 16.6 Å². The molecular weight excluding hydrogens is 250 g/mol. The lowest BCUT2D eigenvalue weighted by atomic mass is 10.4. The average molecular weight is 262 g/mol. The Morgan fingerprint density at radius 3 is 2.79 bits per heavy atom. The van der Waals surface area contributed by atoms with E-state index in [1.165, 1.54) is 6.33 Å². The zero-order chi connectivity index (χ0) is 10.6. The van der Waals surface area contributed by atoms with Gasteiger partial charge in [-0.3, -0.25) is 0 Å². The van der Waals surface area contributed by atoms with E-state index in [0.29, 0.717) is 22.7 Å². The molecule has 1 heterocycles. The Labute approximate surface area is 90.0 Å². The first-order valence-corrected chi connectivity index (χ1v) is 4.83. The van der Waals surface area contributed by atoms with Crippen molar-refractivity contribution in [3.05, 3.63) is 10.8 Å². The van der Waals surface area contributed by atoms with E-state index < -0.39 is 6.10 Å². The van der Waals surface area contributed by atoms with Crippen LogP contribution >= 0.6 is 15.9 Å². The van der Waals surface area contributed by atoms with E-state index >= 15 is 0 Å². The third-order valence-electron chi connectivity index (χ3n) is 1.49. The molecule has 0 aliphatic rings. The number of aliphatic hydroxyl groups excluding tert-OH is 1. The zero-order valence-corrected chi connectivity index (χ0v) is 9.24. The number of anilines is 2. The summed E-state index contributed by atoms with van der Waals surface area (Å²) < 4.78 is 0.642. The number of halogens is 1. The van der Waals surface area contributed by atoms with Crippen LogP contribution in [0.2, 0.25) is 0 Å². The second-order valence-corrected chi connectivity index (χ2v) is 3.55. The Kier molecular flexibility index (Phi) is 4.05. The van der Waals surface area contributed by atoms with Gasteiger partial charge in [-0.25, -0.2) is 15.8 Å². The Morgan fingerprint density at radius 2 is 2.21 bits per heavy atom. The van der Waals surface area contributed by atoms with E-state index in [2.05, 4.69) is 36.6 Å². The van der Waals surface area contributed by atoms with Crippen LogP contribution in [0, 0.1) is 0 Å². The molecule has 0 fully saturated rings. The first kappa shape index (κ1) is 11.2. The minimum absolute atomic E-state index is 0.416. The summed E-state index contributed by atoms with van der Waals surface area (Å²) in [5, 5.41) is 12.0.